The third-order valence-electron chi connectivity index (χ3n) is 2.78. The van der Waals surface area contributed by atoms with Gasteiger partial charge in [-0.3, -0.25) is 4.79 Å². The van der Waals surface area contributed by atoms with Crippen molar-refractivity contribution < 1.29 is 14.6 Å². The van der Waals surface area contributed by atoms with Crippen LogP contribution in [0.1, 0.15) is 17.2 Å². The Morgan fingerprint density at radius 1 is 1.45 bits per heavy atom. The van der Waals surface area contributed by atoms with Gasteiger partial charge in [0.2, 0.25) is 0 Å². The van der Waals surface area contributed by atoms with Crippen LogP contribution in [0.3, 0.4) is 0 Å². The highest BCUT2D eigenvalue weighted by Gasteiger charge is 2.10. The van der Waals surface area contributed by atoms with Gasteiger partial charge in [-0.15, -0.1) is 0 Å². The van der Waals surface area contributed by atoms with Crippen molar-refractivity contribution in [2.24, 2.45) is 0 Å². The molecule has 2 aromatic rings. The van der Waals surface area contributed by atoms with Gasteiger partial charge in [-0.25, -0.2) is 0 Å². The Kier molecular flexibility index (Phi) is 5.15. The molecule has 1 atom stereocenters. The fraction of sp³-hybridized carbons (Fsp3) is 0.267. The number of nitrogens with one attached hydrogen (secondary N) is 1. The smallest absolute Gasteiger partial charge is 0.258 e. The molecule has 106 valence electrons. The van der Waals surface area contributed by atoms with Gasteiger partial charge in [-0.05, 0) is 47.0 Å². The largest absolute Gasteiger partial charge is 0.484 e. The molecule has 0 bridgehead atoms. The van der Waals surface area contributed by atoms with E-state index in [1.807, 2.05) is 41.9 Å². The molecular weight excluding hydrogens is 274 g/mol. The summed E-state index contributed by atoms with van der Waals surface area (Å²) in [5.41, 5.74) is 1.89. The Labute approximate surface area is 122 Å². The van der Waals surface area contributed by atoms with E-state index in [2.05, 4.69) is 5.32 Å². The molecule has 2 rings (SSSR count). The number of benzene rings is 1. The van der Waals surface area contributed by atoms with Crippen molar-refractivity contribution in [2.45, 2.75) is 13.0 Å². The van der Waals surface area contributed by atoms with E-state index in [4.69, 9.17) is 4.74 Å². The van der Waals surface area contributed by atoms with E-state index in [9.17, 15) is 9.90 Å². The van der Waals surface area contributed by atoms with Crippen LogP contribution in [0.4, 0.5) is 0 Å². The Morgan fingerprint density at radius 3 is 3.00 bits per heavy atom. The maximum absolute atomic E-state index is 11.6. The topological polar surface area (TPSA) is 58.6 Å². The zero-order chi connectivity index (χ0) is 14.4. The van der Waals surface area contributed by atoms with Crippen LogP contribution >= 0.6 is 11.3 Å². The summed E-state index contributed by atoms with van der Waals surface area (Å²) in [6.07, 6.45) is -0.677. The van der Waals surface area contributed by atoms with Crippen LogP contribution in [0.25, 0.3) is 0 Å². The summed E-state index contributed by atoms with van der Waals surface area (Å²) in [4.78, 5) is 11.6. The van der Waals surface area contributed by atoms with Crippen molar-refractivity contribution in [3.63, 3.8) is 0 Å². The lowest BCUT2D eigenvalue weighted by molar-refractivity contribution is -0.123. The van der Waals surface area contributed by atoms with E-state index in [-0.39, 0.29) is 19.1 Å². The average Bonchev–Trinajstić information content (AvgIpc) is 2.97. The summed E-state index contributed by atoms with van der Waals surface area (Å²) < 4.78 is 5.38. The molecule has 0 fully saturated rings. The summed E-state index contributed by atoms with van der Waals surface area (Å²) in [7, 11) is 0. The molecule has 0 aliphatic rings. The van der Waals surface area contributed by atoms with Gasteiger partial charge >= 0.3 is 0 Å². The number of aliphatic hydroxyl groups excluding tert-OH is 1. The lowest BCUT2D eigenvalue weighted by atomic mass is 10.2. The van der Waals surface area contributed by atoms with Crippen molar-refractivity contribution in [3.8, 4) is 5.75 Å². The lowest BCUT2D eigenvalue weighted by Gasteiger charge is -2.11. The minimum absolute atomic E-state index is 0.0557. The van der Waals surface area contributed by atoms with Crippen molar-refractivity contribution in [1.29, 1.82) is 0 Å². The highest BCUT2D eigenvalue weighted by atomic mass is 32.1. The monoisotopic (exact) mass is 291 g/mol. The average molecular weight is 291 g/mol. The summed E-state index contributed by atoms with van der Waals surface area (Å²) in [6.45, 7) is 2.09. The van der Waals surface area contributed by atoms with E-state index in [1.165, 1.54) is 11.3 Å². The summed E-state index contributed by atoms with van der Waals surface area (Å²) in [6, 6.07) is 9.35. The molecule has 1 aromatic carbocycles. The number of thiophene rings is 1. The maximum atomic E-state index is 11.6. The van der Waals surface area contributed by atoms with Gasteiger partial charge in [0.15, 0.2) is 6.61 Å². The van der Waals surface area contributed by atoms with Gasteiger partial charge in [-0.1, -0.05) is 12.1 Å². The van der Waals surface area contributed by atoms with Crippen molar-refractivity contribution in [1.82, 2.24) is 5.32 Å². The molecule has 0 saturated heterocycles. The molecule has 1 amide bonds. The van der Waals surface area contributed by atoms with Crippen LogP contribution in [0.5, 0.6) is 5.75 Å². The van der Waals surface area contributed by atoms with Gasteiger partial charge in [0.05, 0.1) is 6.10 Å². The van der Waals surface area contributed by atoms with Crippen LogP contribution in [0.2, 0.25) is 0 Å². The first kappa shape index (κ1) is 14.6. The standard InChI is InChI=1S/C15H17NO3S/c1-11-3-2-4-13(7-11)19-9-15(18)16-8-14(17)12-5-6-20-10-12/h2-7,10,14,17H,8-9H2,1H3,(H,16,18). The fourth-order valence-corrected chi connectivity index (χ4v) is 2.41. The number of ether oxygens (including phenoxy) is 1. The van der Waals surface area contributed by atoms with Crippen LogP contribution in [0, 0.1) is 6.92 Å². The highest BCUT2D eigenvalue weighted by Crippen LogP contribution is 2.15. The number of carbonyl (C=O) groups is 1. The molecule has 1 heterocycles. The Hall–Kier alpha value is -1.85. The molecule has 20 heavy (non-hydrogen) atoms. The molecule has 2 N–H and O–H groups in total. The Bertz CT molecular complexity index is 554. The first-order valence-electron chi connectivity index (χ1n) is 6.31. The molecule has 1 unspecified atom stereocenters. The molecule has 1 aromatic heterocycles. The van der Waals surface area contributed by atoms with Gasteiger partial charge in [0.25, 0.3) is 5.91 Å². The van der Waals surface area contributed by atoms with Crippen LogP contribution in [-0.2, 0) is 4.79 Å². The lowest BCUT2D eigenvalue weighted by Crippen LogP contribution is -2.32. The molecule has 4 nitrogen and oxygen atoms in total. The van der Waals surface area contributed by atoms with Crippen molar-refractivity contribution >= 4 is 17.2 Å². The number of hydrogen-bond acceptors (Lipinski definition) is 4. The molecule has 5 heteroatoms. The number of aliphatic hydroxyl groups is 1. The highest BCUT2D eigenvalue weighted by molar-refractivity contribution is 7.07. The van der Waals surface area contributed by atoms with E-state index >= 15 is 0 Å². The number of amides is 1. The predicted octanol–water partition coefficient (Wildman–Crippen LogP) is 2.29. The molecule has 0 aliphatic carbocycles. The van der Waals surface area contributed by atoms with Gasteiger partial charge < -0.3 is 15.2 Å². The third-order valence-corrected chi connectivity index (χ3v) is 3.48. The van der Waals surface area contributed by atoms with Gasteiger partial charge in [-0.2, -0.15) is 11.3 Å². The quantitative estimate of drug-likeness (QED) is 0.858. The second-order valence-electron chi connectivity index (χ2n) is 4.48. The number of carbonyl (C=O) groups excluding carboxylic acids is 1. The van der Waals surface area contributed by atoms with Crippen molar-refractivity contribution in [2.75, 3.05) is 13.2 Å². The van der Waals surface area contributed by atoms with E-state index in [0.29, 0.717) is 5.75 Å². The normalized spacial score (nSPS) is 11.9. The SMILES string of the molecule is Cc1cccc(OCC(=O)NCC(O)c2ccsc2)c1. The Balaban J connectivity index is 1.73. The van der Waals surface area contributed by atoms with Crippen LogP contribution in [0.15, 0.2) is 41.1 Å². The molecular formula is C15H17NO3S. The fourth-order valence-electron chi connectivity index (χ4n) is 1.70. The van der Waals surface area contributed by atoms with Crippen LogP contribution in [-0.4, -0.2) is 24.2 Å². The minimum atomic E-state index is -0.677. The van der Waals surface area contributed by atoms with E-state index < -0.39 is 6.10 Å². The predicted molar refractivity (Wildman–Crippen MR) is 79.0 cm³/mol. The van der Waals surface area contributed by atoms with Crippen molar-refractivity contribution in [3.05, 3.63) is 52.2 Å². The summed E-state index contributed by atoms with van der Waals surface area (Å²) >= 11 is 1.51. The second kappa shape index (κ2) is 7.07. The van der Waals surface area contributed by atoms with Gasteiger partial charge in [0.1, 0.15) is 5.75 Å². The number of rotatable bonds is 6. The molecule has 0 aliphatic heterocycles. The number of aryl methyl sites for hydroxylation is 1. The van der Waals surface area contributed by atoms with E-state index in [0.717, 1.165) is 11.1 Å². The van der Waals surface area contributed by atoms with Crippen LogP contribution < -0.4 is 10.1 Å². The second-order valence-corrected chi connectivity index (χ2v) is 5.26. The molecule has 0 spiro atoms. The zero-order valence-corrected chi connectivity index (χ0v) is 12.0. The zero-order valence-electron chi connectivity index (χ0n) is 11.2. The summed E-state index contributed by atoms with van der Waals surface area (Å²) in [5.74, 6) is 0.416. The van der Waals surface area contributed by atoms with E-state index in [1.54, 1.807) is 6.07 Å². The van der Waals surface area contributed by atoms with Gasteiger partial charge in [0, 0.05) is 6.54 Å². The third kappa shape index (κ3) is 4.36. The molecule has 0 saturated carbocycles. The minimum Gasteiger partial charge on any atom is -0.484 e. The summed E-state index contributed by atoms with van der Waals surface area (Å²) in [5, 5.41) is 16.2. The Morgan fingerprint density at radius 2 is 2.30 bits per heavy atom. The first-order chi connectivity index (χ1) is 9.65. The molecule has 0 radical (unpaired) electrons. The number of hydrogen-bond donors (Lipinski definition) is 2. The first-order valence-corrected chi connectivity index (χ1v) is 7.26. The maximum Gasteiger partial charge on any atom is 0.258 e.